The number of nitro groups is 1. The Morgan fingerprint density at radius 2 is 2.10 bits per heavy atom. The molecule has 0 aromatic carbocycles. The minimum atomic E-state index is -1.97. The minimum absolute atomic E-state index is 1.49. The second kappa shape index (κ2) is 3.49. The molecule has 0 aliphatic carbocycles. The van der Waals surface area contributed by atoms with Crippen LogP contribution in [0.15, 0.2) is 0 Å². The van der Waals surface area contributed by atoms with E-state index in [0.717, 1.165) is 0 Å². The first-order chi connectivity index (χ1) is 4.59. The third-order valence-corrected chi connectivity index (χ3v) is 0.526. The summed E-state index contributed by atoms with van der Waals surface area (Å²) < 4.78 is 14.4. The summed E-state index contributed by atoms with van der Waals surface area (Å²) in [5, 5.41) is 9.45. The van der Waals surface area contributed by atoms with Crippen molar-refractivity contribution in [2.75, 3.05) is 6.86 Å². The third kappa shape index (κ3) is 2.16. The monoisotopic (exact) mass is 151 g/mol. The number of ether oxygens (including phenoxy) is 1. The average Bonchev–Trinajstić information content (AvgIpc) is 1.87. The van der Waals surface area contributed by atoms with Crippen LogP contribution < -0.4 is 0 Å². The van der Waals surface area contributed by atoms with E-state index < -0.39 is 23.7 Å². The summed E-state index contributed by atoms with van der Waals surface area (Å²) in [6, 6.07) is 0. The molecule has 0 bridgehead atoms. The number of alkyl halides is 1. The molecule has 0 rings (SSSR count). The van der Waals surface area contributed by atoms with E-state index in [-0.39, 0.29) is 0 Å². The van der Waals surface area contributed by atoms with Crippen LogP contribution >= 0.6 is 0 Å². The van der Waals surface area contributed by atoms with E-state index in [0.29, 0.717) is 0 Å². The SMILES string of the molecule is O=C(OCF)C(=O)[N+](=O)[O-]. The molecule has 0 unspecified atom stereocenters. The summed E-state index contributed by atoms with van der Waals surface area (Å²) in [4.78, 5) is 27.8. The fraction of sp³-hybridized carbons (Fsp3) is 0.333. The van der Waals surface area contributed by atoms with Crippen LogP contribution in [0, 0.1) is 10.1 Å². The molecule has 10 heavy (non-hydrogen) atoms. The van der Waals surface area contributed by atoms with Crippen LogP contribution in [-0.2, 0) is 14.3 Å². The van der Waals surface area contributed by atoms with Crippen molar-refractivity contribution in [3.63, 3.8) is 0 Å². The van der Waals surface area contributed by atoms with Crippen LogP contribution in [0.25, 0.3) is 0 Å². The molecule has 6 nitrogen and oxygen atoms in total. The number of halogens is 1. The predicted octanol–water partition coefficient (Wildman–Crippen LogP) is -0.740. The Labute approximate surface area is 53.7 Å². The van der Waals surface area contributed by atoms with Crippen molar-refractivity contribution < 1.29 is 23.6 Å². The van der Waals surface area contributed by atoms with E-state index in [2.05, 4.69) is 4.74 Å². The van der Waals surface area contributed by atoms with Crippen LogP contribution in [0.1, 0.15) is 0 Å². The van der Waals surface area contributed by atoms with E-state index in [1.807, 2.05) is 0 Å². The van der Waals surface area contributed by atoms with Crippen molar-refractivity contribution in [1.82, 2.24) is 0 Å². The lowest BCUT2D eigenvalue weighted by Gasteiger charge is -1.89. The zero-order valence-electron chi connectivity index (χ0n) is 4.57. The van der Waals surface area contributed by atoms with Gasteiger partial charge in [0, 0.05) is 0 Å². The van der Waals surface area contributed by atoms with Gasteiger partial charge in [-0.1, -0.05) is 0 Å². The Morgan fingerprint density at radius 1 is 1.60 bits per heavy atom. The van der Waals surface area contributed by atoms with Gasteiger partial charge in [0.25, 0.3) is 0 Å². The van der Waals surface area contributed by atoms with Gasteiger partial charge in [-0.05, 0) is 0 Å². The van der Waals surface area contributed by atoms with E-state index in [9.17, 15) is 24.1 Å². The summed E-state index contributed by atoms with van der Waals surface area (Å²) in [6.45, 7) is -1.54. The molecule has 56 valence electrons. The van der Waals surface area contributed by atoms with Crippen LogP contribution in [0.4, 0.5) is 4.39 Å². The Kier molecular flexibility index (Phi) is 2.95. The summed E-state index contributed by atoms with van der Waals surface area (Å²) in [5.41, 5.74) is 0. The highest BCUT2D eigenvalue weighted by atomic mass is 19.1. The molecule has 0 saturated carbocycles. The fourth-order valence-corrected chi connectivity index (χ4v) is 0.186. The normalized spacial score (nSPS) is 8.50. The standard InChI is InChI=1S/C3H2FNO5/c4-1-10-3(7)2(6)5(8)9/h1H2. The smallest absolute Gasteiger partial charge is 0.423 e. The molecule has 0 aromatic rings. The van der Waals surface area contributed by atoms with Gasteiger partial charge in [0.2, 0.25) is 6.86 Å². The van der Waals surface area contributed by atoms with Crippen LogP contribution in [0.3, 0.4) is 0 Å². The van der Waals surface area contributed by atoms with Crippen molar-refractivity contribution >= 4 is 11.9 Å². The van der Waals surface area contributed by atoms with Gasteiger partial charge < -0.3 is 4.74 Å². The minimum Gasteiger partial charge on any atom is -0.423 e. The number of rotatable bonds is 1. The van der Waals surface area contributed by atoms with Crippen LogP contribution in [0.5, 0.6) is 0 Å². The maximum absolute atomic E-state index is 11.0. The molecule has 0 aliphatic heterocycles. The largest absolute Gasteiger partial charge is 0.554 e. The number of hydrogen-bond donors (Lipinski definition) is 0. The van der Waals surface area contributed by atoms with Gasteiger partial charge >= 0.3 is 11.9 Å². The maximum Gasteiger partial charge on any atom is 0.554 e. The molecule has 0 spiro atoms. The number of carbonyl (C=O) groups is 2. The van der Waals surface area contributed by atoms with E-state index in [4.69, 9.17) is 0 Å². The van der Waals surface area contributed by atoms with Crippen molar-refractivity contribution in [2.24, 2.45) is 0 Å². The molecule has 1 amide bonds. The van der Waals surface area contributed by atoms with E-state index >= 15 is 0 Å². The number of carbonyl (C=O) groups excluding carboxylic acids is 2. The summed E-state index contributed by atoms with van der Waals surface area (Å²) in [5.74, 6) is -3.77. The summed E-state index contributed by atoms with van der Waals surface area (Å²) in [6.07, 6.45) is 0. The van der Waals surface area contributed by atoms with E-state index in [1.165, 1.54) is 0 Å². The third-order valence-electron chi connectivity index (χ3n) is 0.526. The zero-order chi connectivity index (χ0) is 8.15. The van der Waals surface area contributed by atoms with E-state index in [1.54, 1.807) is 0 Å². The lowest BCUT2D eigenvalue weighted by Crippen LogP contribution is -2.24. The first-order valence-corrected chi connectivity index (χ1v) is 2.01. The molecule has 0 heterocycles. The second-order valence-electron chi connectivity index (χ2n) is 1.10. The van der Waals surface area contributed by atoms with Gasteiger partial charge in [-0.2, -0.15) is 0 Å². The highest BCUT2D eigenvalue weighted by molar-refractivity contribution is 6.28. The topological polar surface area (TPSA) is 86.5 Å². The van der Waals surface area contributed by atoms with Crippen molar-refractivity contribution in [3.8, 4) is 0 Å². The highest BCUT2D eigenvalue weighted by Gasteiger charge is 2.28. The lowest BCUT2D eigenvalue weighted by molar-refractivity contribution is -0.398. The van der Waals surface area contributed by atoms with Gasteiger partial charge in [-0.25, -0.2) is 14.0 Å². The number of esters is 1. The number of hydrogen-bond acceptors (Lipinski definition) is 5. The number of amides is 1. The molecule has 7 heteroatoms. The quantitative estimate of drug-likeness (QED) is 0.213. The molecule has 0 saturated heterocycles. The molecule has 0 N–H and O–H groups in total. The van der Waals surface area contributed by atoms with Crippen LogP contribution in [-0.4, -0.2) is 23.7 Å². The second-order valence-corrected chi connectivity index (χ2v) is 1.10. The zero-order valence-corrected chi connectivity index (χ0v) is 4.57. The molecule has 0 aliphatic rings. The Balaban J connectivity index is 3.96. The van der Waals surface area contributed by atoms with Crippen LogP contribution in [0.2, 0.25) is 0 Å². The first kappa shape index (κ1) is 8.47. The van der Waals surface area contributed by atoms with Gasteiger partial charge in [-0.15, -0.1) is 0 Å². The summed E-state index contributed by atoms with van der Waals surface area (Å²) >= 11 is 0. The Bertz CT molecular complexity index is 178. The van der Waals surface area contributed by atoms with Gasteiger partial charge in [0.15, 0.2) is 0 Å². The van der Waals surface area contributed by atoms with Gasteiger partial charge in [0.05, 0.1) is 0 Å². The molecule has 0 fully saturated rings. The maximum atomic E-state index is 11.0. The van der Waals surface area contributed by atoms with Crippen molar-refractivity contribution in [2.45, 2.75) is 0 Å². The molecule has 0 atom stereocenters. The van der Waals surface area contributed by atoms with Gasteiger partial charge in [0.1, 0.15) is 4.92 Å². The molecular weight excluding hydrogens is 149 g/mol. The predicted molar refractivity (Wildman–Crippen MR) is 24.1 cm³/mol. The highest BCUT2D eigenvalue weighted by Crippen LogP contribution is 1.82. The molecule has 0 aromatic heterocycles. The Morgan fingerprint density at radius 3 is 2.40 bits per heavy atom. The average molecular weight is 151 g/mol. The number of nitrogens with zero attached hydrogens (tertiary/aromatic N) is 1. The fourth-order valence-electron chi connectivity index (χ4n) is 0.186. The van der Waals surface area contributed by atoms with Crippen molar-refractivity contribution in [1.29, 1.82) is 0 Å². The molecular formula is C3H2FNO5. The lowest BCUT2D eigenvalue weighted by atomic mass is 10.6. The van der Waals surface area contributed by atoms with Gasteiger partial charge in [-0.3, -0.25) is 10.1 Å². The Hall–Kier alpha value is -1.53. The molecule has 0 radical (unpaired) electrons. The summed E-state index contributed by atoms with van der Waals surface area (Å²) in [7, 11) is 0. The van der Waals surface area contributed by atoms with Crippen molar-refractivity contribution in [3.05, 3.63) is 10.1 Å². The first-order valence-electron chi connectivity index (χ1n) is 2.01.